The number of nitrogens with zero attached hydrogens (tertiary/aromatic N) is 3. The molecule has 3 N–H and O–H groups in total. The van der Waals surface area contributed by atoms with Crippen LogP contribution in [-0.4, -0.2) is 21.9 Å². The van der Waals surface area contributed by atoms with E-state index in [2.05, 4.69) is 20.7 Å². The molecule has 0 aliphatic heterocycles. The minimum atomic E-state index is -0.0116. The largest absolute Gasteiger partial charge is 0.408 e. The van der Waals surface area contributed by atoms with Crippen LogP contribution in [0, 0.1) is 13.8 Å². The van der Waals surface area contributed by atoms with Gasteiger partial charge in [0.05, 0.1) is 11.7 Å². The average Bonchev–Trinajstić information content (AvgIpc) is 2.87. The molecule has 2 rings (SSSR count). The van der Waals surface area contributed by atoms with Crippen molar-refractivity contribution in [2.45, 2.75) is 33.2 Å². The smallest absolute Gasteiger partial charge is 0.315 e. The molecule has 7 nitrogen and oxygen atoms in total. The van der Waals surface area contributed by atoms with Crippen molar-refractivity contribution in [3.05, 3.63) is 22.9 Å². The molecule has 0 spiro atoms. The Kier molecular flexibility index (Phi) is 3.61. The van der Waals surface area contributed by atoms with Crippen LogP contribution in [0.15, 0.2) is 8.94 Å². The number of hydrogen-bond acceptors (Lipinski definition) is 7. The molecule has 0 aromatic carbocycles. The van der Waals surface area contributed by atoms with Gasteiger partial charge >= 0.3 is 6.01 Å². The minimum Gasteiger partial charge on any atom is -0.408 e. The first-order valence-electron chi connectivity index (χ1n) is 5.83. The van der Waals surface area contributed by atoms with Crippen LogP contribution in [0.25, 0.3) is 0 Å². The van der Waals surface area contributed by atoms with E-state index >= 15 is 0 Å². The quantitative estimate of drug-likeness (QED) is 0.826. The SMILES string of the molecule is Cc1noc(C)c1C(C)Nc1nnc(CCN)o1. The van der Waals surface area contributed by atoms with Crippen LogP contribution in [0.3, 0.4) is 0 Å². The number of nitrogens with one attached hydrogen (secondary N) is 1. The lowest BCUT2D eigenvalue weighted by Gasteiger charge is -2.10. The van der Waals surface area contributed by atoms with Crippen LogP contribution in [0.4, 0.5) is 6.01 Å². The molecular weight excluding hydrogens is 234 g/mol. The van der Waals surface area contributed by atoms with Gasteiger partial charge in [0.15, 0.2) is 0 Å². The zero-order valence-electron chi connectivity index (χ0n) is 10.7. The Morgan fingerprint density at radius 1 is 1.33 bits per heavy atom. The van der Waals surface area contributed by atoms with Crippen molar-refractivity contribution < 1.29 is 8.94 Å². The van der Waals surface area contributed by atoms with E-state index in [-0.39, 0.29) is 6.04 Å². The topological polar surface area (TPSA) is 103 Å². The summed E-state index contributed by atoms with van der Waals surface area (Å²) < 4.78 is 10.5. The highest BCUT2D eigenvalue weighted by molar-refractivity contribution is 5.32. The number of hydrogen-bond donors (Lipinski definition) is 2. The van der Waals surface area contributed by atoms with Gasteiger partial charge in [0.2, 0.25) is 5.89 Å². The lowest BCUT2D eigenvalue weighted by Crippen LogP contribution is -2.08. The summed E-state index contributed by atoms with van der Waals surface area (Å²) in [5, 5.41) is 14.8. The molecule has 0 aliphatic carbocycles. The Labute approximate surface area is 105 Å². The standard InChI is InChI=1S/C11H17N5O2/c1-6(10-7(2)16-18-8(10)3)13-11-15-14-9(17-11)4-5-12/h6H,4-5,12H2,1-3H3,(H,13,15). The van der Waals surface area contributed by atoms with Crippen LogP contribution in [0.5, 0.6) is 0 Å². The van der Waals surface area contributed by atoms with Crippen molar-refractivity contribution in [1.29, 1.82) is 0 Å². The highest BCUT2D eigenvalue weighted by Gasteiger charge is 2.18. The van der Waals surface area contributed by atoms with E-state index in [1.807, 2.05) is 20.8 Å². The number of anilines is 1. The summed E-state index contributed by atoms with van der Waals surface area (Å²) in [6, 6.07) is 0.369. The van der Waals surface area contributed by atoms with E-state index < -0.39 is 0 Å². The third kappa shape index (κ3) is 2.51. The molecule has 1 unspecified atom stereocenters. The first-order chi connectivity index (χ1) is 8.61. The highest BCUT2D eigenvalue weighted by atomic mass is 16.5. The second-order valence-corrected chi connectivity index (χ2v) is 4.14. The summed E-state index contributed by atoms with van der Waals surface area (Å²) in [4.78, 5) is 0. The Morgan fingerprint density at radius 3 is 2.72 bits per heavy atom. The molecule has 7 heteroatoms. The maximum Gasteiger partial charge on any atom is 0.315 e. The fraction of sp³-hybridized carbons (Fsp3) is 0.545. The van der Waals surface area contributed by atoms with Gasteiger partial charge in [0.1, 0.15) is 5.76 Å². The maximum absolute atomic E-state index is 5.42. The number of aromatic nitrogens is 3. The van der Waals surface area contributed by atoms with E-state index in [1.54, 1.807) is 0 Å². The van der Waals surface area contributed by atoms with Crippen molar-refractivity contribution in [3.8, 4) is 0 Å². The second kappa shape index (κ2) is 5.18. The average molecular weight is 251 g/mol. The molecule has 98 valence electrons. The third-order valence-electron chi connectivity index (χ3n) is 2.69. The van der Waals surface area contributed by atoms with Gasteiger partial charge in [0, 0.05) is 18.5 Å². The predicted molar refractivity (Wildman–Crippen MR) is 65.1 cm³/mol. The first kappa shape index (κ1) is 12.6. The fourth-order valence-electron chi connectivity index (χ4n) is 1.90. The van der Waals surface area contributed by atoms with Gasteiger partial charge in [-0.1, -0.05) is 10.3 Å². The number of nitrogens with two attached hydrogens (primary N) is 1. The monoisotopic (exact) mass is 251 g/mol. The summed E-state index contributed by atoms with van der Waals surface area (Å²) in [7, 11) is 0. The third-order valence-corrected chi connectivity index (χ3v) is 2.69. The Hall–Kier alpha value is -1.89. The van der Waals surface area contributed by atoms with Gasteiger partial charge in [-0.05, 0) is 20.8 Å². The van der Waals surface area contributed by atoms with Crippen molar-refractivity contribution >= 4 is 6.01 Å². The van der Waals surface area contributed by atoms with Gasteiger partial charge in [0.25, 0.3) is 0 Å². The van der Waals surface area contributed by atoms with Gasteiger partial charge in [-0.25, -0.2) is 0 Å². The van der Waals surface area contributed by atoms with Gasteiger partial charge in [-0.15, -0.1) is 5.10 Å². The Bertz CT molecular complexity index is 500. The predicted octanol–water partition coefficient (Wildman–Crippen LogP) is 1.35. The van der Waals surface area contributed by atoms with Gasteiger partial charge in [-0.2, -0.15) is 0 Å². The minimum absolute atomic E-state index is 0.0116. The summed E-state index contributed by atoms with van der Waals surface area (Å²) in [5.41, 5.74) is 7.28. The van der Waals surface area contributed by atoms with Crippen molar-refractivity contribution in [1.82, 2.24) is 15.4 Å². The fourth-order valence-corrected chi connectivity index (χ4v) is 1.90. The summed E-state index contributed by atoms with van der Waals surface area (Å²) in [6.07, 6.45) is 0.578. The molecule has 0 bridgehead atoms. The lowest BCUT2D eigenvalue weighted by molar-refractivity contribution is 0.391. The maximum atomic E-state index is 5.42. The molecule has 0 fully saturated rings. The Morgan fingerprint density at radius 2 is 2.11 bits per heavy atom. The summed E-state index contributed by atoms with van der Waals surface area (Å²) in [6.45, 7) is 6.25. The number of rotatable bonds is 5. The van der Waals surface area contributed by atoms with E-state index in [4.69, 9.17) is 14.7 Å². The molecule has 0 saturated heterocycles. The summed E-state index contributed by atoms with van der Waals surface area (Å²) >= 11 is 0. The van der Waals surface area contributed by atoms with Crippen molar-refractivity contribution in [2.75, 3.05) is 11.9 Å². The molecule has 0 saturated carbocycles. The van der Waals surface area contributed by atoms with E-state index in [1.165, 1.54) is 0 Å². The van der Waals surface area contributed by atoms with Crippen LogP contribution in [-0.2, 0) is 6.42 Å². The number of aryl methyl sites for hydroxylation is 2. The molecule has 0 aliphatic rings. The van der Waals surface area contributed by atoms with E-state index in [9.17, 15) is 0 Å². The molecule has 2 aromatic heterocycles. The molecule has 2 heterocycles. The Balaban J connectivity index is 2.08. The molecule has 0 amide bonds. The van der Waals surface area contributed by atoms with Gasteiger partial charge < -0.3 is 20.0 Å². The van der Waals surface area contributed by atoms with Crippen LogP contribution < -0.4 is 11.1 Å². The molecule has 2 aromatic rings. The van der Waals surface area contributed by atoms with E-state index in [0.29, 0.717) is 24.9 Å². The van der Waals surface area contributed by atoms with Crippen LogP contribution in [0.2, 0.25) is 0 Å². The zero-order chi connectivity index (χ0) is 13.1. The van der Waals surface area contributed by atoms with Crippen molar-refractivity contribution in [3.63, 3.8) is 0 Å². The van der Waals surface area contributed by atoms with E-state index in [0.717, 1.165) is 17.0 Å². The lowest BCUT2D eigenvalue weighted by atomic mass is 10.1. The molecule has 1 atom stereocenters. The van der Waals surface area contributed by atoms with Crippen LogP contribution in [0.1, 0.15) is 35.9 Å². The molecule has 0 radical (unpaired) electrons. The summed E-state index contributed by atoms with van der Waals surface area (Å²) in [5.74, 6) is 1.32. The second-order valence-electron chi connectivity index (χ2n) is 4.14. The zero-order valence-corrected chi connectivity index (χ0v) is 10.7. The molecular formula is C11H17N5O2. The van der Waals surface area contributed by atoms with Crippen LogP contribution >= 0.6 is 0 Å². The first-order valence-corrected chi connectivity index (χ1v) is 5.83. The van der Waals surface area contributed by atoms with Gasteiger partial charge in [-0.3, -0.25) is 0 Å². The molecule has 18 heavy (non-hydrogen) atoms. The normalized spacial score (nSPS) is 12.7. The highest BCUT2D eigenvalue weighted by Crippen LogP contribution is 2.24. The van der Waals surface area contributed by atoms with Crippen molar-refractivity contribution in [2.24, 2.45) is 5.73 Å².